The van der Waals surface area contributed by atoms with Crippen LogP contribution >= 0.6 is 11.8 Å². The van der Waals surface area contributed by atoms with Crippen molar-refractivity contribution in [3.8, 4) is 0 Å². The van der Waals surface area contributed by atoms with E-state index in [2.05, 4.69) is 57.2 Å². The lowest BCUT2D eigenvalue weighted by Crippen LogP contribution is -2.24. The van der Waals surface area contributed by atoms with Crippen LogP contribution in [0.25, 0.3) is 0 Å². The number of hydrogen-bond acceptors (Lipinski definition) is 4. The first kappa shape index (κ1) is 23.2. The number of Topliss-reactive ketones (excluding diaryl/α,β-unsaturated/α-hetero) is 1. The summed E-state index contributed by atoms with van der Waals surface area (Å²) in [7, 11) is 0. The van der Waals surface area contributed by atoms with Gasteiger partial charge in [-0.2, -0.15) is 0 Å². The van der Waals surface area contributed by atoms with E-state index in [0.29, 0.717) is 13.0 Å². The molecule has 3 nitrogen and oxygen atoms in total. The van der Waals surface area contributed by atoms with Crippen LogP contribution in [0.15, 0.2) is 59.5 Å². The topological polar surface area (TPSA) is 43.4 Å². The minimum atomic E-state index is -0.692. The van der Waals surface area contributed by atoms with Gasteiger partial charge in [-0.05, 0) is 55.4 Å². The van der Waals surface area contributed by atoms with Crippen LogP contribution < -0.4 is 0 Å². The van der Waals surface area contributed by atoms with E-state index in [0.717, 1.165) is 6.42 Å². The molecule has 2 rings (SSSR count). The maximum Gasteiger partial charge on any atom is 0.316 e. The van der Waals surface area contributed by atoms with Crippen molar-refractivity contribution >= 4 is 23.5 Å². The van der Waals surface area contributed by atoms with Crippen LogP contribution in [0.1, 0.15) is 63.8 Å². The highest BCUT2D eigenvalue weighted by Crippen LogP contribution is 2.40. The molecule has 2 aromatic rings. The molecule has 0 bridgehead atoms. The SMILES string of the molecule is CCOC(=O)C(CCC(Sc1ccccc1)c1ccc(C(C)(C)C)cc1)C(C)=O. The van der Waals surface area contributed by atoms with Crippen molar-refractivity contribution in [3.63, 3.8) is 0 Å². The number of esters is 1. The van der Waals surface area contributed by atoms with Crippen molar-refractivity contribution in [3.05, 3.63) is 65.7 Å². The second-order valence-electron chi connectivity index (χ2n) is 8.28. The average Bonchev–Trinajstić information content (AvgIpc) is 2.67. The van der Waals surface area contributed by atoms with E-state index in [4.69, 9.17) is 4.74 Å². The van der Waals surface area contributed by atoms with Crippen molar-refractivity contribution in [1.29, 1.82) is 0 Å². The molecule has 0 aliphatic heterocycles. The molecule has 2 unspecified atom stereocenters. The highest BCUT2D eigenvalue weighted by molar-refractivity contribution is 7.99. The Balaban J connectivity index is 2.23. The molecule has 0 saturated carbocycles. The van der Waals surface area contributed by atoms with Crippen molar-refractivity contribution in [2.45, 2.75) is 63.0 Å². The average molecular weight is 413 g/mol. The number of carbonyl (C=O) groups excluding carboxylic acids is 2. The molecule has 0 saturated heterocycles. The number of carbonyl (C=O) groups is 2. The van der Waals surface area contributed by atoms with Crippen molar-refractivity contribution in [1.82, 2.24) is 0 Å². The Kier molecular flexibility index (Phi) is 8.51. The third kappa shape index (κ3) is 7.04. The van der Waals surface area contributed by atoms with Gasteiger partial charge in [-0.3, -0.25) is 9.59 Å². The molecule has 0 fully saturated rings. The third-order valence-electron chi connectivity index (χ3n) is 4.95. The predicted octanol–water partition coefficient (Wildman–Crippen LogP) is 6.37. The Hall–Kier alpha value is -2.07. The minimum Gasteiger partial charge on any atom is -0.465 e. The second kappa shape index (κ2) is 10.6. The van der Waals surface area contributed by atoms with Crippen molar-refractivity contribution in [2.24, 2.45) is 5.92 Å². The summed E-state index contributed by atoms with van der Waals surface area (Å²) in [6.07, 6.45) is 1.21. The Morgan fingerprint density at radius 1 is 0.966 bits per heavy atom. The van der Waals surface area contributed by atoms with Gasteiger partial charge in [0.05, 0.1) is 6.61 Å². The molecule has 0 spiro atoms. The number of thioether (sulfide) groups is 1. The first-order valence-corrected chi connectivity index (χ1v) is 11.1. The fourth-order valence-electron chi connectivity index (χ4n) is 3.20. The Bertz CT molecular complexity index is 791. The molecule has 156 valence electrons. The summed E-state index contributed by atoms with van der Waals surface area (Å²) in [5.74, 6) is -1.23. The van der Waals surface area contributed by atoms with Crippen LogP contribution in [0.4, 0.5) is 0 Å². The lowest BCUT2D eigenvalue weighted by molar-refractivity contribution is -0.151. The molecule has 2 atom stereocenters. The fraction of sp³-hybridized carbons (Fsp3) is 0.440. The van der Waals surface area contributed by atoms with E-state index in [1.165, 1.54) is 22.9 Å². The summed E-state index contributed by atoms with van der Waals surface area (Å²) in [6.45, 7) is 10.1. The van der Waals surface area contributed by atoms with Crippen molar-refractivity contribution in [2.75, 3.05) is 6.61 Å². The van der Waals surface area contributed by atoms with E-state index < -0.39 is 11.9 Å². The van der Waals surface area contributed by atoms with E-state index in [-0.39, 0.29) is 16.4 Å². The summed E-state index contributed by atoms with van der Waals surface area (Å²) in [6, 6.07) is 19.0. The highest BCUT2D eigenvalue weighted by atomic mass is 32.2. The van der Waals surface area contributed by atoms with Gasteiger partial charge in [0.1, 0.15) is 11.7 Å². The maximum absolute atomic E-state index is 12.2. The molecular weight excluding hydrogens is 380 g/mol. The van der Waals surface area contributed by atoms with E-state index in [1.807, 2.05) is 18.2 Å². The quantitative estimate of drug-likeness (QED) is 0.273. The van der Waals surface area contributed by atoms with E-state index >= 15 is 0 Å². The minimum absolute atomic E-state index is 0.101. The van der Waals surface area contributed by atoms with Crippen LogP contribution in [-0.2, 0) is 19.7 Å². The number of ether oxygens (including phenoxy) is 1. The van der Waals surface area contributed by atoms with Crippen LogP contribution in [0.5, 0.6) is 0 Å². The summed E-state index contributed by atoms with van der Waals surface area (Å²) < 4.78 is 5.11. The van der Waals surface area contributed by atoms with E-state index in [9.17, 15) is 9.59 Å². The number of benzene rings is 2. The second-order valence-corrected chi connectivity index (χ2v) is 9.56. The molecule has 0 aliphatic carbocycles. The summed E-state index contributed by atoms with van der Waals surface area (Å²) in [5, 5.41) is 0.155. The number of hydrogen-bond donors (Lipinski definition) is 0. The monoisotopic (exact) mass is 412 g/mol. The first-order chi connectivity index (χ1) is 13.7. The van der Waals surface area contributed by atoms with Gasteiger partial charge >= 0.3 is 5.97 Å². The lowest BCUT2D eigenvalue weighted by Gasteiger charge is -2.22. The van der Waals surface area contributed by atoms with Gasteiger partial charge in [0.25, 0.3) is 0 Å². The molecule has 0 N–H and O–H groups in total. The Morgan fingerprint density at radius 3 is 2.10 bits per heavy atom. The normalized spacial score (nSPS) is 13.6. The lowest BCUT2D eigenvalue weighted by atomic mass is 9.86. The molecule has 29 heavy (non-hydrogen) atoms. The standard InChI is InChI=1S/C25H32O3S/c1-6-28-24(27)22(18(2)26)16-17-23(29-21-10-8-7-9-11-21)19-12-14-20(15-13-19)25(3,4)5/h7-15,22-23H,6,16-17H2,1-5H3. The predicted molar refractivity (Wildman–Crippen MR) is 120 cm³/mol. The Morgan fingerprint density at radius 2 is 1.59 bits per heavy atom. The molecule has 0 aromatic heterocycles. The molecule has 0 radical (unpaired) electrons. The summed E-state index contributed by atoms with van der Waals surface area (Å²) in [5.41, 5.74) is 2.60. The van der Waals surface area contributed by atoms with Gasteiger partial charge in [0, 0.05) is 10.1 Å². The van der Waals surface area contributed by atoms with Crippen LogP contribution in [-0.4, -0.2) is 18.4 Å². The fourth-order valence-corrected chi connectivity index (χ4v) is 4.39. The zero-order chi connectivity index (χ0) is 21.4. The highest BCUT2D eigenvalue weighted by Gasteiger charge is 2.26. The maximum atomic E-state index is 12.2. The van der Waals surface area contributed by atoms with Crippen LogP contribution in [0.3, 0.4) is 0 Å². The molecule has 0 heterocycles. The van der Waals surface area contributed by atoms with Gasteiger partial charge in [0.2, 0.25) is 0 Å². The Labute approximate surface area is 179 Å². The van der Waals surface area contributed by atoms with Gasteiger partial charge in [-0.1, -0.05) is 63.2 Å². The number of rotatable bonds is 9. The van der Waals surface area contributed by atoms with Gasteiger partial charge in [-0.25, -0.2) is 0 Å². The molecule has 0 aliphatic rings. The van der Waals surface area contributed by atoms with Gasteiger partial charge in [0.15, 0.2) is 0 Å². The zero-order valence-corrected chi connectivity index (χ0v) is 18.9. The zero-order valence-electron chi connectivity index (χ0n) is 18.1. The third-order valence-corrected chi connectivity index (χ3v) is 6.29. The summed E-state index contributed by atoms with van der Waals surface area (Å²) >= 11 is 1.77. The van der Waals surface area contributed by atoms with Crippen LogP contribution in [0, 0.1) is 5.92 Å². The van der Waals surface area contributed by atoms with Gasteiger partial charge in [-0.15, -0.1) is 11.8 Å². The van der Waals surface area contributed by atoms with Gasteiger partial charge < -0.3 is 4.74 Å². The number of ketones is 1. The van der Waals surface area contributed by atoms with Crippen molar-refractivity contribution < 1.29 is 14.3 Å². The van der Waals surface area contributed by atoms with Crippen LogP contribution in [0.2, 0.25) is 0 Å². The molecule has 2 aromatic carbocycles. The largest absolute Gasteiger partial charge is 0.465 e. The van der Waals surface area contributed by atoms with E-state index in [1.54, 1.807) is 18.7 Å². The molecule has 0 amide bonds. The molecule has 4 heteroatoms. The molecular formula is C25H32O3S. The summed E-state index contributed by atoms with van der Waals surface area (Å²) in [4.78, 5) is 25.4. The smallest absolute Gasteiger partial charge is 0.316 e. The first-order valence-electron chi connectivity index (χ1n) is 10.2.